The predicted molar refractivity (Wildman–Crippen MR) is 65.2 cm³/mol. The normalized spacial score (nSPS) is 11.1. The lowest BCUT2D eigenvalue weighted by Crippen LogP contribution is -2.09. The smallest absolute Gasteiger partial charge is 0.275 e. The summed E-state index contributed by atoms with van der Waals surface area (Å²) in [5.74, 6) is -0.475. The summed E-state index contributed by atoms with van der Waals surface area (Å²) in [6, 6.07) is 1.93. The van der Waals surface area contributed by atoms with Crippen molar-refractivity contribution in [1.29, 1.82) is 0 Å². The van der Waals surface area contributed by atoms with Gasteiger partial charge < -0.3 is 5.32 Å². The molecule has 1 aromatic carbocycles. The maximum Gasteiger partial charge on any atom is 0.275 e. The van der Waals surface area contributed by atoms with Crippen molar-refractivity contribution in [2.24, 2.45) is 0 Å². The average Bonchev–Trinajstić information content (AvgIpc) is 2.18. The van der Waals surface area contributed by atoms with Crippen LogP contribution in [0.1, 0.15) is 12.5 Å². The second kappa shape index (κ2) is 4.91. The zero-order valence-corrected chi connectivity index (χ0v) is 11.0. The topological polar surface area (TPSA) is 106 Å². The predicted octanol–water partition coefficient (Wildman–Crippen LogP) is 1.79. The number of nitro groups is 1. The summed E-state index contributed by atoms with van der Waals surface area (Å²) >= 11 is 0. The number of carbonyl (C=O) groups is 1. The third-order valence-corrected chi connectivity index (χ3v) is 3.48. The first-order valence-corrected chi connectivity index (χ1v) is 6.95. The third kappa shape index (κ3) is 3.17. The minimum atomic E-state index is -4.12. The minimum absolute atomic E-state index is 0.0379. The Morgan fingerprint density at radius 3 is 2.39 bits per heavy atom. The summed E-state index contributed by atoms with van der Waals surface area (Å²) in [4.78, 5) is 20.6. The van der Waals surface area contributed by atoms with Crippen LogP contribution in [0.5, 0.6) is 0 Å². The fraction of sp³-hybridized carbons (Fsp3) is 0.222. The van der Waals surface area contributed by atoms with Gasteiger partial charge in [0.15, 0.2) is 0 Å². The van der Waals surface area contributed by atoms with E-state index in [9.17, 15) is 23.3 Å². The number of carbonyl (C=O) groups excluding carboxylic acids is 1. The number of amides is 1. The van der Waals surface area contributed by atoms with Gasteiger partial charge in [-0.2, -0.15) is 0 Å². The number of benzene rings is 1. The Morgan fingerprint density at radius 2 is 2.00 bits per heavy atom. The highest BCUT2D eigenvalue weighted by Crippen LogP contribution is 2.31. The number of anilines is 1. The molecule has 1 rings (SSSR count). The number of hydrogen-bond donors (Lipinski definition) is 1. The summed E-state index contributed by atoms with van der Waals surface area (Å²) in [6.45, 7) is 2.60. The van der Waals surface area contributed by atoms with Crippen molar-refractivity contribution in [3.63, 3.8) is 0 Å². The standard InChI is InChI=1S/C9H9ClN2O5S/c1-5-8(11-6(2)13)3-7(18(10,16)17)4-9(5)12(14)15/h3-4H,1-2H3,(H,11,13). The molecule has 0 aliphatic carbocycles. The van der Waals surface area contributed by atoms with Gasteiger partial charge in [-0.15, -0.1) is 0 Å². The Bertz CT molecular complexity index is 626. The van der Waals surface area contributed by atoms with Crippen LogP contribution in [0, 0.1) is 17.0 Å². The van der Waals surface area contributed by atoms with Crippen LogP contribution in [-0.4, -0.2) is 19.2 Å². The van der Waals surface area contributed by atoms with Crippen LogP contribution in [0.4, 0.5) is 11.4 Å². The van der Waals surface area contributed by atoms with Gasteiger partial charge in [-0.3, -0.25) is 14.9 Å². The molecule has 98 valence electrons. The van der Waals surface area contributed by atoms with Crippen LogP contribution in [-0.2, 0) is 13.8 Å². The molecule has 0 atom stereocenters. The first kappa shape index (κ1) is 14.4. The van der Waals surface area contributed by atoms with E-state index >= 15 is 0 Å². The van der Waals surface area contributed by atoms with E-state index in [1.54, 1.807) is 0 Å². The van der Waals surface area contributed by atoms with Crippen molar-refractivity contribution >= 4 is 37.0 Å². The van der Waals surface area contributed by atoms with Gasteiger partial charge in [0, 0.05) is 23.7 Å². The van der Waals surface area contributed by atoms with E-state index < -0.39 is 30.5 Å². The fourth-order valence-corrected chi connectivity index (χ4v) is 2.10. The lowest BCUT2D eigenvalue weighted by atomic mass is 10.1. The highest BCUT2D eigenvalue weighted by molar-refractivity contribution is 8.13. The van der Waals surface area contributed by atoms with Gasteiger partial charge in [-0.25, -0.2) is 8.42 Å². The number of nitro benzene ring substituents is 1. The number of nitrogens with zero attached hydrogens (tertiary/aromatic N) is 1. The number of nitrogens with one attached hydrogen (secondary N) is 1. The van der Waals surface area contributed by atoms with E-state index in [0.717, 1.165) is 12.1 Å². The molecule has 0 saturated heterocycles. The van der Waals surface area contributed by atoms with E-state index in [-0.39, 0.29) is 11.3 Å². The lowest BCUT2D eigenvalue weighted by molar-refractivity contribution is -0.385. The van der Waals surface area contributed by atoms with Crippen molar-refractivity contribution in [1.82, 2.24) is 0 Å². The Labute approximate surface area is 107 Å². The molecule has 0 saturated carbocycles. The summed E-state index contributed by atoms with van der Waals surface area (Å²) < 4.78 is 22.4. The molecule has 0 aromatic heterocycles. The zero-order valence-electron chi connectivity index (χ0n) is 9.43. The molecule has 0 radical (unpaired) electrons. The molecule has 0 unspecified atom stereocenters. The maximum atomic E-state index is 11.2. The van der Waals surface area contributed by atoms with Gasteiger partial charge >= 0.3 is 0 Å². The molecular weight excluding hydrogens is 284 g/mol. The van der Waals surface area contributed by atoms with Gasteiger partial charge in [0.25, 0.3) is 14.7 Å². The van der Waals surface area contributed by atoms with Crippen LogP contribution < -0.4 is 5.32 Å². The third-order valence-electron chi connectivity index (χ3n) is 2.14. The molecule has 0 heterocycles. The molecule has 0 fully saturated rings. The van der Waals surface area contributed by atoms with Crippen molar-refractivity contribution in [3.8, 4) is 0 Å². The Kier molecular flexibility index (Phi) is 3.92. The summed E-state index contributed by atoms with van der Waals surface area (Å²) in [5, 5.41) is 13.1. The van der Waals surface area contributed by atoms with Gasteiger partial charge in [-0.05, 0) is 13.0 Å². The van der Waals surface area contributed by atoms with Crippen LogP contribution in [0.2, 0.25) is 0 Å². The monoisotopic (exact) mass is 292 g/mol. The second-order valence-electron chi connectivity index (χ2n) is 3.49. The van der Waals surface area contributed by atoms with Gasteiger partial charge in [0.05, 0.1) is 21.1 Å². The van der Waals surface area contributed by atoms with Crippen LogP contribution >= 0.6 is 10.7 Å². The molecule has 0 bridgehead atoms. The highest BCUT2D eigenvalue weighted by Gasteiger charge is 2.21. The molecule has 1 amide bonds. The number of rotatable bonds is 3. The second-order valence-corrected chi connectivity index (χ2v) is 6.06. The number of halogens is 1. The first-order valence-electron chi connectivity index (χ1n) is 4.64. The summed E-state index contributed by atoms with van der Waals surface area (Å²) in [5.41, 5.74) is -0.240. The molecule has 9 heteroatoms. The van der Waals surface area contributed by atoms with Crippen molar-refractivity contribution in [2.75, 3.05) is 5.32 Å². The van der Waals surface area contributed by atoms with Gasteiger partial charge in [0.1, 0.15) is 0 Å². The minimum Gasteiger partial charge on any atom is -0.326 e. The molecule has 1 aromatic rings. The van der Waals surface area contributed by atoms with E-state index in [0.29, 0.717) is 0 Å². The number of hydrogen-bond acceptors (Lipinski definition) is 5. The molecule has 18 heavy (non-hydrogen) atoms. The Morgan fingerprint density at radius 1 is 1.44 bits per heavy atom. The van der Waals surface area contributed by atoms with Gasteiger partial charge in [0.2, 0.25) is 5.91 Å². The van der Waals surface area contributed by atoms with E-state index in [1.165, 1.54) is 13.8 Å². The Balaban J connectivity index is 3.56. The van der Waals surface area contributed by atoms with Crippen LogP contribution in [0.3, 0.4) is 0 Å². The van der Waals surface area contributed by atoms with E-state index in [1.807, 2.05) is 0 Å². The van der Waals surface area contributed by atoms with E-state index in [4.69, 9.17) is 10.7 Å². The molecule has 1 N–H and O–H groups in total. The van der Waals surface area contributed by atoms with E-state index in [2.05, 4.69) is 5.32 Å². The molecule has 0 aliphatic rings. The largest absolute Gasteiger partial charge is 0.326 e. The van der Waals surface area contributed by atoms with Crippen molar-refractivity contribution < 1.29 is 18.1 Å². The summed E-state index contributed by atoms with van der Waals surface area (Å²) in [7, 11) is 1.02. The maximum absolute atomic E-state index is 11.2. The van der Waals surface area contributed by atoms with Crippen LogP contribution in [0.25, 0.3) is 0 Å². The van der Waals surface area contributed by atoms with Crippen molar-refractivity contribution in [3.05, 3.63) is 27.8 Å². The summed E-state index contributed by atoms with van der Waals surface area (Å²) in [6.07, 6.45) is 0. The molecule has 7 nitrogen and oxygen atoms in total. The highest BCUT2D eigenvalue weighted by atomic mass is 35.7. The van der Waals surface area contributed by atoms with Crippen LogP contribution in [0.15, 0.2) is 17.0 Å². The lowest BCUT2D eigenvalue weighted by Gasteiger charge is -2.08. The SMILES string of the molecule is CC(=O)Nc1cc(S(=O)(=O)Cl)cc([N+](=O)[O-])c1C. The quantitative estimate of drug-likeness (QED) is 0.519. The van der Waals surface area contributed by atoms with Crippen molar-refractivity contribution in [2.45, 2.75) is 18.7 Å². The first-order chi connectivity index (χ1) is 8.12. The molecular formula is C9H9ClN2O5S. The molecule has 0 spiro atoms. The van der Waals surface area contributed by atoms with Gasteiger partial charge in [-0.1, -0.05) is 0 Å². The average molecular weight is 293 g/mol. The fourth-order valence-electron chi connectivity index (χ4n) is 1.32. The zero-order chi connectivity index (χ0) is 14.1. The Hall–Kier alpha value is -1.67. The molecule has 0 aliphatic heterocycles.